The van der Waals surface area contributed by atoms with Crippen LogP contribution >= 0.6 is 0 Å². The lowest BCUT2D eigenvalue weighted by Crippen LogP contribution is -3.05. The van der Waals surface area contributed by atoms with Crippen molar-refractivity contribution >= 4 is 12.0 Å². The molecule has 6 heteroatoms. The second-order valence-corrected chi connectivity index (χ2v) is 5.03. The molecule has 1 N–H and O–H groups in total. The van der Waals surface area contributed by atoms with Crippen molar-refractivity contribution in [1.82, 2.24) is 0 Å². The van der Waals surface area contributed by atoms with Gasteiger partial charge in [-0.25, -0.2) is 0 Å². The van der Waals surface area contributed by atoms with Crippen molar-refractivity contribution in [2.24, 2.45) is 0 Å². The first-order valence-electron chi connectivity index (χ1n) is 6.91. The molecule has 0 bridgehead atoms. The van der Waals surface area contributed by atoms with Gasteiger partial charge in [0.15, 0.2) is 11.5 Å². The average Bonchev–Trinajstić information content (AvgIpc) is 2.48. The van der Waals surface area contributed by atoms with E-state index in [9.17, 15) is 9.90 Å². The van der Waals surface area contributed by atoms with Crippen LogP contribution in [0, 0.1) is 11.3 Å². The molecule has 1 aromatic rings. The number of rotatable bonds is 8. The third-order valence-corrected chi connectivity index (χ3v) is 2.92. The van der Waals surface area contributed by atoms with Crippen LogP contribution in [0.4, 0.5) is 0 Å². The number of carbonyl (C=O) groups excluding carboxylic acids is 1. The molecule has 0 aliphatic carbocycles. The maximum atomic E-state index is 10.8. The monoisotopic (exact) mass is 304 g/mol. The fourth-order valence-corrected chi connectivity index (χ4v) is 1.81. The van der Waals surface area contributed by atoms with E-state index in [1.807, 2.05) is 0 Å². The van der Waals surface area contributed by atoms with Crippen LogP contribution in [0.2, 0.25) is 0 Å². The maximum Gasteiger partial charge on any atom is 0.161 e. The molecule has 0 atom stereocenters. The van der Waals surface area contributed by atoms with E-state index in [0.717, 1.165) is 13.0 Å². The van der Waals surface area contributed by atoms with E-state index in [-0.39, 0.29) is 0 Å². The Labute approximate surface area is 130 Å². The number of carboxylic acids is 1. The lowest BCUT2D eigenvalue weighted by molar-refractivity contribution is -0.858. The van der Waals surface area contributed by atoms with Gasteiger partial charge in [0.05, 0.1) is 45.9 Å². The van der Waals surface area contributed by atoms with Crippen molar-refractivity contribution in [3.05, 3.63) is 29.3 Å². The van der Waals surface area contributed by atoms with Crippen LogP contribution in [0.3, 0.4) is 0 Å². The first-order valence-corrected chi connectivity index (χ1v) is 6.91. The lowest BCUT2D eigenvalue weighted by Gasteiger charge is -2.12. The molecule has 6 nitrogen and oxygen atoms in total. The summed E-state index contributed by atoms with van der Waals surface area (Å²) in [6.45, 7) is 1.51. The van der Waals surface area contributed by atoms with E-state index in [1.54, 1.807) is 24.3 Å². The van der Waals surface area contributed by atoms with Crippen molar-refractivity contribution in [2.75, 3.05) is 34.4 Å². The van der Waals surface area contributed by atoms with Gasteiger partial charge < -0.3 is 24.3 Å². The second-order valence-electron chi connectivity index (χ2n) is 5.03. The quantitative estimate of drug-likeness (QED) is 0.388. The fraction of sp³-hybridized carbons (Fsp3) is 0.375. The molecule has 1 rings (SSSR count). The minimum Gasteiger partial charge on any atom is -0.544 e. The van der Waals surface area contributed by atoms with Gasteiger partial charge in [0.25, 0.3) is 0 Å². The molecule has 0 unspecified atom stereocenters. The van der Waals surface area contributed by atoms with Gasteiger partial charge in [-0.1, -0.05) is 6.07 Å². The molecule has 1 aromatic carbocycles. The molecule has 118 valence electrons. The van der Waals surface area contributed by atoms with Crippen molar-refractivity contribution in [3.63, 3.8) is 0 Å². The summed E-state index contributed by atoms with van der Waals surface area (Å²) in [5.41, 5.74) is 0.0992. The highest BCUT2D eigenvalue weighted by molar-refractivity contribution is 5.95. The van der Waals surface area contributed by atoms with Crippen LogP contribution in [-0.2, 0) is 4.79 Å². The number of quaternary nitrogens is 1. The molecule has 0 aliphatic heterocycles. The Kier molecular flexibility index (Phi) is 6.93. The molecule has 0 fully saturated rings. The lowest BCUT2D eigenvalue weighted by atomic mass is 10.1. The molecule has 0 saturated carbocycles. The largest absolute Gasteiger partial charge is 0.544 e. The molecular formula is C16H20N2O4. The second kappa shape index (κ2) is 8.70. The predicted molar refractivity (Wildman–Crippen MR) is 79.4 cm³/mol. The average molecular weight is 304 g/mol. The summed E-state index contributed by atoms with van der Waals surface area (Å²) in [7, 11) is 5.66. The number of benzene rings is 1. The maximum absolute atomic E-state index is 10.8. The van der Waals surface area contributed by atoms with E-state index >= 15 is 0 Å². The molecule has 0 radical (unpaired) electrons. The van der Waals surface area contributed by atoms with Crippen LogP contribution < -0.4 is 19.5 Å². The van der Waals surface area contributed by atoms with E-state index in [4.69, 9.17) is 14.7 Å². The van der Waals surface area contributed by atoms with Gasteiger partial charge in [-0.2, -0.15) is 5.26 Å². The van der Waals surface area contributed by atoms with Crippen LogP contribution in [0.25, 0.3) is 6.08 Å². The summed E-state index contributed by atoms with van der Waals surface area (Å²) >= 11 is 0. The van der Waals surface area contributed by atoms with Crippen LogP contribution in [0.15, 0.2) is 23.8 Å². The molecule has 0 spiro atoms. The highest BCUT2D eigenvalue weighted by Gasteiger charge is 2.07. The number of hydrogen-bond donors (Lipinski definition) is 1. The number of nitrogens with one attached hydrogen (secondary N) is 1. The summed E-state index contributed by atoms with van der Waals surface area (Å²) in [5, 5.41) is 19.5. The zero-order valence-corrected chi connectivity index (χ0v) is 13.0. The topological polar surface area (TPSA) is 86.8 Å². The number of carboxylic acid groups (broad SMARTS) is 1. The van der Waals surface area contributed by atoms with E-state index in [2.05, 4.69) is 14.1 Å². The molecule has 22 heavy (non-hydrogen) atoms. The van der Waals surface area contributed by atoms with Gasteiger partial charge in [-0.05, 0) is 23.8 Å². The van der Waals surface area contributed by atoms with E-state index < -0.39 is 11.5 Å². The molecule has 0 amide bonds. The Morgan fingerprint density at radius 3 is 2.68 bits per heavy atom. The van der Waals surface area contributed by atoms with E-state index in [1.165, 1.54) is 18.1 Å². The minimum atomic E-state index is -1.50. The summed E-state index contributed by atoms with van der Waals surface area (Å²) in [4.78, 5) is 12.1. The molecular weight excluding hydrogens is 284 g/mol. The Morgan fingerprint density at radius 2 is 2.14 bits per heavy atom. The highest BCUT2D eigenvalue weighted by Crippen LogP contribution is 2.29. The third-order valence-electron chi connectivity index (χ3n) is 2.92. The molecule has 0 aromatic heterocycles. The Balaban J connectivity index is 2.89. The van der Waals surface area contributed by atoms with Crippen LogP contribution in [0.5, 0.6) is 11.5 Å². The zero-order chi connectivity index (χ0) is 16.5. The summed E-state index contributed by atoms with van der Waals surface area (Å²) < 4.78 is 10.9. The van der Waals surface area contributed by atoms with Gasteiger partial charge in [0.1, 0.15) is 6.07 Å². The first kappa shape index (κ1) is 17.5. The number of carbonyl (C=O) groups is 1. The third kappa shape index (κ3) is 5.46. The normalized spacial score (nSPS) is 11.1. The van der Waals surface area contributed by atoms with E-state index in [0.29, 0.717) is 23.7 Å². The Hall–Kier alpha value is -2.52. The fourth-order valence-electron chi connectivity index (χ4n) is 1.81. The standard InChI is InChI=1S/C16H20N2O4/c1-18(2)7-4-8-22-15-10-12(5-6-14(15)21-3)9-13(11-17)16(19)20/h5-6,9-10H,4,7-8H2,1-3H3,(H,19,20)/b13-9-. The Bertz CT molecular complexity index is 588. The number of nitrogens with zero attached hydrogens (tertiary/aromatic N) is 1. The molecule has 0 saturated heterocycles. The van der Waals surface area contributed by atoms with Crippen LogP contribution in [-0.4, -0.2) is 40.3 Å². The number of nitriles is 1. The van der Waals surface area contributed by atoms with Gasteiger partial charge in [0, 0.05) is 6.42 Å². The number of hydrogen-bond acceptors (Lipinski definition) is 5. The summed E-state index contributed by atoms with van der Waals surface area (Å²) in [6, 6.07) is 6.55. The smallest absolute Gasteiger partial charge is 0.161 e. The SMILES string of the molecule is COc1ccc(/C=C(/C#N)C(=O)[O-])cc1OCCC[NH+](C)C. The predicted octanol–water partition coefficient (Wildman–Crippen LogP) is -0.735. The van der Waals surface area contributed by atoms with Crippen molar-refractivity contribution < 1.29 is 24.3 Å². The zero-order valence-electron chi connectivity index (χ0n) is 13.0. The van der Waals surface area contributed by atoms with Crippen molar-refractivity contribution in [3.8, 4) is 17.6 Å². The van der Waals surface area contributed by atoms with Crippen molar-refractivity contribution in [2.45, 2.75) is 6.42 Å². The van der Waals surface area contributed by atoms with Gasteiger partial charge in [-0.3, -0.25) is 0 Å². The van der Waals surface area contributed by atoms with Gasteiger partial charge >= 0.3 is 0 Å². The summed E-state index contributed by atoms with van der Waals surface area (Å²) in [5.74, 6) is -0.434. The van der Waals surface area contributed by atoms with Gasteiger partial charge in [0.2, 0.25) is 0 Å². The Morgan fingerprint density at radius 1 is 1.41 bits per heavy atom. The number of ether oxygens (including phenoxy) is 2. The number of aliphatic carboxylic acids is 1. The van der Waals surface area contributed by atoms with Crippen LogP contribution in [0.1, 0.15) is 12.0 Å². The highest BCUT2D eigenvalue weighted by atomic mass is 16.5. The number of methoxy groups -OCH3 is 1. The van der Waals surface area contributed by atoms with Gasteiger partial charge in [-0.15, -0.1) is 0 Å². The van der Waals surface area contributed by atoms with Crippen molar-refractivity contribution in [1.29, 1.82) is 5.26 Å². The molecule has 0 heterocycles. The first-order chi connectivity index (χ1) is 10.5. The minimum absolute atomic E-state index is 0.438. The summed E-state index contributed by atoms with van der Waals surface area (Å²) in [6.07, 6.45) is 2.12. The molecule has 0 aliphatic rings.